The van der Waals surface area contributed by atoms with Crippen molar-refractivity contribution >= 4 is 11.5 Å². The molecule has 5 nitrogen and oxygen atoms in total. The highest BCUT2D eigenvalue weighted by Gasteiger charge is 2.33. The molecule has 0 aromatic carbocycles. The molecular weight excluding hydrogens is 209 g/mol. The summed E-state index contributed by atoms with van der Waals surface area (Å²) in [5.41, 5.74) is 6.38. The van der Waals surface area contributed by atoms with Crippen LogP contribution in [0.2, 0.25) is 0 Å². The van der Waals surface area contributed by atoms with Gasteiger partial charge in [-0.15, -0.1) is 5.10 Å². The standard InChI is InChI=1S/C10H8FN5/c11-8-6(3-12)9(5-1-2-5)16-7(8)4-14-10(13)15-16/h4-5H,1-2H2,(H2,13,15). The van der Waals surface area contributed by atoms with Gasteiger partial charge in [-0.3, -0.25) is 0 Å². The van der Waals surface area contributed by atoms with Crippen molar-refractivity contribution in [2.75, 3.05) is 5.73 Å². The zero-order valence-corrected chi connectivity index (χ0v) is 8.31. The number of hydrogen-bond donors (Lipinski definition) is 1. The smallest absolute Gasteiger partial charge is 0.238 e. The Bertz CT molecular complexity index is 620. The van der Waals surface area contributed by atoms with E-state index in [1.807, 2.05) is 6.07 Å². The van der Waals surface area contributed by atoms with Crippen molar-refractivity contribution in [3.63, 3.8) is 0 Å². The van der Waals surface area contributed by atoms with Crippen LogP contribution in [0.5, 0.6) is 0 Å². The molecule has 2 N–H and O–H groups in total. The van der Waals surface area contributed by atoms with E-state index < -0.39 is 5.82 Å². The van der Waals surface area contributed by atoms with Crippen molar-refractivity contribution in [2.45, 2.75) is 18.8 Å². The molecule has 0 saturated heterocycles. The molecule has 1 aliphatic rings. The molecule has 0 bridgehead atoms. The summed E-state index contributed by atoms with van der Waals surface area (Å²) >= 11 is 0. The molecule has 1 saturated carbocycles. The van der Waals surface area contributed by atoms with Crippen molar-refractivity contribution in [2.24, 2.45) is 0 Å². The third-order valence-corrected chi connectivity index (χ3v) is 2.75. The predicted molar refractivity (Wildman–Crippen MR) is 54.0 cm³/mol. The second-order valence-corrected chi connectivity index (χ2v) is 3.87. The lowest BCUT2D eigenvalue weighted by molar-refractivity contribution is 0.635. The third-order valence-electron chi connectivity index (χ3n) is 2.75. The van der Waals surface area contributed by atoms with E-state index in [-0.39, 0.29) is 22.9 Å². The highest BCUT2D eigenvalue weighted by Crippen LogP contribution is 2.43. The van der Waals surface area contributed by atoms with Gasteiger partial charge in [-0.1, -0.05) is 0 Å². The van der Waals surface area contributed by atoms with Crippen LogP contribution >= 0.6 is 0 Å². The minimum atomic E-state index is -0.551. The first-order chi connectivity index (χ1) is 7.72. The quantitative estimate of drug-likeness (QED) is 0.778. The van der Waals surface area contributed by atoms with Gasteiger partial charge in [-0.05, 0) is 12.8 Å². The minimum absolute atomic E-state index is 0.0717. The van der Waals surface area contributed by atoms with Crippen molar-refractivity contribution in [3.8, 4) is 6.07 Å². The fourth-order valence-corrected chi connectivity index (χ4v) is 1.88. The first-order valence-corrected chi connectivity index (χ1v) is 4.95. The van der Waals surface area contributed by atoms with E-state index in [4.69, 9.17) is 11.0 Å². The molecule has 3 rings (SSSR count). The summed E-state index contributed by atoms with van der Waals surface area (Å²) in [5.74, 6) is -0.251. The Kier molecular flexibility index (Phi) is 1.66. The fourth-order valence-electron chi connectivity index (χ4n) is 1.88. The van der Waals surface area contributed by atoms with E-state index in [0.29, 0.717) is 5.69 Å². The molecule has 0 radical (unpaired) electrons. The Morgan fingerprint density at radius 2 is 2.31 bits per heavy atom. The van der Waals surface area contributed by atoms with Gasteiger partial charge in [0.15, 0.2) is 5.82 Å². The Morgan fingerprint density at radius 1 is 1.56 bits per heavy atom. The van der Waals surface area contributed by atoms with Crippen molar-refractivity contribution in [1.82, 2.24) is 14.6 Å². The van der Waals surface area contributed by atoms with Gasteiger partial charge in [0.25, 0.3) is 0 Å². The van der Waals surface area contributed by atoms with Crippen molar-refractivity contribution in [3.05, 3.63) is 23.3 Å². The average molecular weight is 217 g/mol. The molecule has 2 heterocycles. The minimum Gasteiger partial charge on any atom is -0.367 e. The molecule has 2 aromatic rings. The summed E-state index contributed by atoms with van der Waals surface area (Å²) in [6, 6.07) is 1.89. The van der Waals surface area contributed by atoms with Crippen molar-refractivity contribution in [1.29, 1.82) is 5.26 Å². The molecule has 0 aliphatic heterocycles. The fraction of sp³-hybridized carbons (Fsp3) is 0.300. The number of aromatic nitrogens is 3. The molecule has 1 aliphatic carbocycles. The zero-order chi connectivity index (χ0) is 11.3. The van der Waals surface area contributed by atoms with Crippen LogP contribution in [0, 0.1) is 17.1 Å². The Balaban J connectivity index is 2.43. The topological polar surface area (TPSA) is 80.0 Å². The van der Waals surface area contributed by atoms with Crippen LogP contribution in [-0.4, -0.2) is 14.6 Å². The number of anilines is 1. The highest BCUT2D eigenvalue weighted by atomic mass is 19.1. The Labute approximate surface area is 90.3 Å². The van der Waals surface area contributed by atoms with Gasteiger partial charge in [-0.2, -0.15) is 5.26 Å². The number of halogens is 1. The number of nitrogens with two attached hydrogens (primary N) is 1. The lowest BCUT2D eigenvalue weighted by atomic mass is 10.2. The summed E-state index contributed by atoms with van der Waals surface area (Å²) < 4.78 is 15.3. The summed E-state index contributed by atoms with van der Waals surface area (Å²) in [7, 11) is 0. The van der Waals surface area contributed by atoms with Gasteiger partial charge in [0.2, 0.25) is 5.95 Å². The second kappa shape index (κ2) is 2.92. The first-order valence-electron chi connectivity index (χ1n) is 4.95. The molecule has 0 unspecified atom stereocenters. The normalized spacial score (nSPS) is 15.2. The number of rotatable bonds is 1. The molecule has 16 heavy (non-hydrogen) atoms. The molecular formula is C10H8FN5. The average Bonchev–Trinajstić information content (AvgIpc) is 3.05. The van der Waals surface area contributed by atoms with E-state index in [9.17, 15) is 4.39 Å². The third kappa shape index (κ3) is 1.08. The molecule has 0 amide bonds. The number of nitrogens with zero attached hydrogens (tertiary/aromatic N) is 4. The van der Waals surface area contributed by atoms with E-state index >= 15 is 0 Å². The van der Waals surface area contributed by atoms with Gasteiger partial charge < -0.3 is 5.73 Å². The maximum atomic E-state index is 13.8. The SMILES string of the molecule is N#Cc1c(F)c2cnc(N)nn2c1C1CC1. The Hall–Kier alpha value is -2.16. The second-order valence-electron chi connectivity index (χ2n) is 3.87. The van der Waals surface area contributed by atoms with Gasteiger partial charge >= 0.3 is 0 Å². The zero-order valence-electron chi connectivity index (χ0n) is 8.31. The van der Waals surface area contributed by atoms with Crippen LogP contribution < -0.4 is 5.73 Å². The van der Waals surface area contributed by atoms with E-state index in [2.05, 4.69) is 10.1 Å². The van der Waals surface area contributed by atoms with Crippen LogP contribution in [-0.2, 0) is 0 Å². The van der Waals surface area contributed by atoms with E-state index in [0.717, 1.165) is 12.8 Å². The summed E-state index contributed by atoms with van der Waals surface area (Å²) in [4.78, 5) is 3.73. The van der Waals surface area contributed by atoms with Crippen LogP contribution in [0.1, 0.15) is 30.0 Å². The number of nitriles is 1. The van der Waals surface area contributed by atoms with Crippen LogP contribution in [0.4, 0.5) is 10.3 Å². The van der Waals surface area contributed by atoms with E-state index in [1.165, 1.54) is 10.7 Å². The lowest BCUT2D eigenvalue weighted by Gasteiger charge is -1.99. The maximum absolute atomic E-state index is 13.8. The molecule has 0 atom stereocenters. The van der Waals surface area contributed by atoms with Crippen LogP contribution in [0.3, 0.4) is 0 Å². The lowest BCUT2D eigenvalue weighted by Crippen LogP contribution is -2.03. The van der Waals surface area contributed by atoms with Crippen LogP contribution in [0.25, 0.3) is 5.52 Å². The van der Waals surface area contributed by atoms with E-state index in [1.54, 1.807) is 0 Å². The van der Waals surface area contributed by atoms with Gasteiger partial charge in [0, 0.05) is 5.92 Å². The molecule has 6 heteroatoms. The number of fused-ring (bicyclic) bond motifs is 1. The van der Waals surface area contributed by atoms with Crippen molar-refractivity contribution < 1.29 is 4.39 Å². The van der Waals surface area contributed by atoms with Gasteiger partial charge in [-0.25, -0.2) is 13.9 Å². The monoisotopic (exact) mass is 217 g/mol. The number of hydrogen-bond acceptors (Lipinski definition) is 4. The maximum Gasteiger partial charge on any atom is 0.238 e. The number of nitrogen functional groups attached to an aromatic ring is 1. The predicted octanol–water partition coefficient (Wildman–Crippen LogP) is 1.20. The largest absolute Gasteiger partial charge is 0.367 e. The highest BCUT2D eigenvalue weighted by molar-refractivity contribution is 5.58. The van der Waals surface area contributed by atoms with Gasteiger partial charge in [0.1, 0.15) is 17.1 Å². The Morgan fingerprint density at radius 3 is 2.94 bits per heavy atom. The first kappa shape index (κ1) is 9.09. The summed E-state index contributed by atoms with van der Waals surface area (Å²) in [6.45, 7) is 0. The molecule has 1 fully saturated rings. The molecule has 80 valence electrons. The molecule has 0 spiro atoms. The summed E-state index contributed by atoms with van der Waals surface area (Å²) in [5, 5.41) is 12.9. The van der Waals surface area contributed by atoms with Gasteiger partial charge in [0.05, 0.1) is 11.9 Å². The summed E-state index contributed by atoms with van der Waals surface area (Å²) in [6.07, 6.45) is 3.23. The van der Waals surface area contributed by atoms with Crippen LogP contribution in [0.15, 0.2) is 6.20 Å². The molecule has 2 aromatic heterocycles.